The lowest BCUT2D eigenvalue weighted by atomic mass is 10.2. The molecule has 0 amide bonds. The highest BCUT2D eigenvalue weighted by Crippen LogP contribution is 2.22. The van der Waals surface area contributed by atoms with E-state index in [9.17, 15) is 0 Å². The van der Waals surface area contributed by atoms with E-state index in [-0.39, 0.29) is 0 Å². The lowest BCUT2D eigenvalue weighted by Crippen LogP contribution is -2.46. The maximum Gasteiger partial charge on any atom is 0.500 e. The van der Waals surface area contributed by atoms with Crippen molar-refractivity contribution >= 4 is 8.80 Å². The molecule has 0 aliphatic rings. The summed E-state index contributed by atoms with van der Waals surface area (Å²) in [6.45, 7) is 11.2. The van der Waals surface area contributed by atoms with Crippen molar-refractivity contribution in [3.05, 3.63) is 0 Å². The Kier molecular flexibility index (Phi) is 17.0. The molecule has 0 spiro atoms. The zero-order valence-electron chi connectivity index (χ0n) is 16.3. The number of hydrogen-bond donors (Lipinski definition) is 0. The molecule has 3 nitrogen and oxygen atoms in total. The predicted octanol–water partition coefficient (Wildman–Crippen LogP) is 6.35. The highest BCUT2D eigenvalue weighted by molar-refractivity contribution is 6.60. The van der Waals surface area contributed by atoms with Crippen molar-refractivity contribution in [1.82, 2.24) is 0 Å². The quantitative estimate of drug-likeness (QED) is 0.214. The van der Waals surface area contributed by atoms with E-state index in [1.807, 2.05) is 0 Å². The first-order chi connectivity index (χ1) is 11.2. The SMILES string of the molecule is CCCCCCC[Si](OCCCC)(OCCCC)OCCCC. The topological polar surface area (TPSA) is 27.7 Å². The summed E-state index contributed by atoms with van der Waals surface area (Å²) in [7, 11) is -2.47. The molecule has 0 saturated heterocycles. The second-order valence-electron chi connectivity index (χ2n) is 6.45. The lowest BCUT2D eigenvalue weighted by molar-refractivity contribution is 0.0557. The average molecular weight is 347 g/mol. The highest BCUT2D eigenvalue weighted by atomic mass is 28.4. The second kappa shape index (κ2) is 16.9. The molecule has 0 fully saturated rings. The number of hydrogen-bond acceptors (Lipinski definition) is 3. The summed E-state index contributed by atoms with van der Waals surface area (Å²) in [6.07, 6.45) is 13.1. The van der Waals surface area contributed by atoms with Crippen LogP contribution in [-0.2, 0) is 13.3 Å². The standard InChI is InChI=1S/C19H42O3Si/c1-5-9-13-14-15-19-23(20-16-10-6-2,21-17-11-7-3)22-18-12-8-4/h5-19H2,1-4H3. The molecule has 0 radical (unpaired) electrons. The van der Waals surface area contributed by atoms with E-state index in [0.717, 1.165) is 64.4 Å². The molecule has 0 atom stereocenters. The molecule has 0 unspecified atom stereocenters. The molecule has 0 aliphatic carbocycles. The van der Waals surface area contributed by atoms with Gasteiger partial charge in [-0.25, -0.2) is 0 Å². The Morgan fingerprint density at radius 2 is 0.870 bits per heavy atom. The first-order valence-electron chi connectivity index (χ1n) is 10.2. The summed E-state index contributed by atoms with van der Waals surface area (Å²) < 4.78 is 18.8. The van der Waals surface area contributed by atoms with Crippen LogP contribution in [0.15, 0.2) is 0 Å². The molecule has 4 heteroatoms. The Balaban J connectivity index is 4.52. The van der Waals surface area contributed by atoms with Gasteiger partial charge in [-0.15, -0.1) is 0 Å². The Morgan fingerprint density at radius 3 is 1.26 bits per heavy atom. The van der Waals surface area contributed by atoms with Crippen LogP contribution < -0.4 is 0 Å². The van der Waals surface area contributed by atoms with Crippen molar-refractivity contribution in [2.24, 2.45) is 0 Å². The van der Waals surface area contributed by atoms with Crippen molar-refractivity contribution in [3.8, 4) is 0 Å². The van der Waals surface area contributed by atoms with Gasteiger partial charge in [0, 0.05) is 25.9 Å². The monoisotopic (exact) mass is 346 g/mol. The molecule has 0 rings (SSSR count). The summed E-state index contributed by atoms with van der Waals surface area (Å²) in [4.78, 5) is 0. The fourth-order valence-electron chi connectivity index (χ4n) is 2.40. The maximum absolute atomic E-state index is 6.26. The predicted molar refractivity (Wildman–Crippen MR) is 102 cm³/mol. The van der Waals surface area contributed by atoms with Crippen LogP contribution in [0.5, 0.6) is 0 Å². The molecule has 0 aromatic rings. The van der Waals surface area contributed by atoms with Crippen LogP contribution in [0, 0.1) is 0 Å². The third kappa shape index (κ3) is 13.1. The Morgan fingerprint density at radius 1 is 0.478 bits per heavy atom. The molecule has 0 aromatic carbocycles. The zero-order chi connectivity index (χ0) is 17.2. The molecular formula is C19H42O3Si. The van der Waals surface area contributed by atoms with E-state index >= 15 is 0 Å². The Hall–Kier alpha value is 0.0969. The van der Waals surface area contributed by atoms with Gasteiger partial charge in [0.15, 0.2) is 0 Å². The van der Waals surface area contributed by atoms with E-state index in [4.69, 9.17) is 13.3 Å². The molecule has 0 aromatic heterocycles. The number of unbranched alkanes of at least 4 members (excludes halogenated alkanes) is 7. The van der Waals surface area contributed by atoms with Crippen molar-refractivity contribution < 1.29 is 13.3 Å². The molecule has 0 saturated carbocycles. The normalized spacial score (nSPS) is 12.0. The van der Waals surface area contributed by atoms with Gasteiger partial charge in [-0.2, -0.15) is 0 Å². The summed E-state index contributed by atoms with van der Waals surface area (Å²) in [5.74, 6) is 0. The van der Waals surface area contributed by atoms with Gasteiger partial charge in [0.1, 0.15) is 0 Å². The third-order valence-electron chi connectivity index (χ3n) is 4.05. The van der Waals surface area contributed by atoms with E-state index in [0.29, 0.717) is 0 Å². The largest absolute Gasteiger partial charge is 0.500 e. The van der Waals surface area contributed by atoms with E-state index < -0.39 is 8.80 Å². The van der Waals surface area contributed by atoms with Gasteiger partial charge in [0.2, 0.25) is 0 Å². The molecule has 0 aliphatic heterocycles. The number of rotatable bonds is 18. The van der Waals surface area contributed by atoms with E-state index in [1.54, 1.807) is 0 Å². The van der Waals surface area contributed by atoms with Gasteiger partial charge < -0.3 is 13.3 Å². The lowest BCUT2D eigenvalue weighted by Gasteiger charge is -2.30. The van der Waals surface area contributed by atoms with Gasteiger partial charge in [0.05, 0.1) is 0 Å². The fraction of sp³-hybridized carbons (Fsp3) is 1.00. The Labute approximate surface area is 146 Å². The summed E-state index contributed by atoms with van der Waals surface area (Å²) >= 11 is 0. The molecule has 140 valence electrons. The van der Waals surface area contributed by atoms with Crippen LogP contribution >= 0.6 is 0 Å². The average Bonchev–Trinajstić information content (AvgIpc) is 2.55. The van der Waals surface area contributed by atoms with Crippen LogP contribution in [0.25, 0.3) is 0 Å². The molecule has 0 heterocycles. The minimum Gasteiger partial charge on any atom is -0.373 e. The van der Waals surface area contributed by atoms with Crippen LogP contribution in [0.4, 0.5) is 0 Å². The van der Waals surface area contributed by atoms with Crippen LogP contribution in [0.1, 0.15) is 98.3 Å². The molecular weight excluding hydrogens is 304 g/mol. The summed E-state index contributed by atoms with van der Waals surface area (Å²) in [5, 5.41) is 0. The van der Waals surface area contributed by atoms with Gasteiger partial charge >= 0.3 is 8.80 Å². The molecule has 0 bridgehead atoms. The third-order valence-corrected chi connectivity index (χ3v) is 6.94. The Bertz CT molecular complexity index is 210. The molecule has 0 N–H and O–H groups in total. The maximum atomic E-state index is 6.26. The smallest absolute Gasteiger partial charge is 0.373 e. The van der Waals surface area contributed by atoms with Crippen molar-refractivity contribution in [2.75, 3.05) is 19.8 Å². The van der Waals surface area contributed by atoms with Crippen molar-refractivity contribution in [1.29, 1.82) is 0 Å². The van der Waals surface area contributed by atoms with Gasteiger partial charge in [-0.3, -0.25) is 0 Å². The minimum absolute atomic E-state index is 0.788. The van der Waals surface area contributed by atoms with Crippen molar-refractivity contribution in [3.63, 3.8) is 0 Å². The van der Waals surface area contributed by atoms with Gasteiger partial charge in [-0.1, -0.05) is 72.6 Å². The van der Waals surface area contributed by atoms with Crippen molar-refractivity contribution in [2.45, 2.75) is 104 Å². The van der Waals surface area contributed by atoms with E-state index in [1.165, 1.54) is 32.1 Å². The van der Waals surface area contributed by atoms with Gasteiger partial charge in [-0.05, 0) is 25.7 Å². The summed E-state index contributed by atoms with van der Waals surface area (Å²) in [6, 6.07) is 0.994. The van der Waals surface area contributed by atoms with Gasteiger partial charge in [0.25, 0.3) is 0 Å². The summed E-state index contributed by atoms with van der Waals surface area (Å²) in [5.41, 5.74) is 0. The zero-order valence-corrected chi connectivity index (χ0v) is 17.3. The first kappa shape index (κ1) is 23.1. The van der Waals surface area contributed by atoms with Crippen LogP contribution in [0.3, 0.4) is 0 Å². The van der Waals surface area contributed by atoms with Crippen LogP contribution in [-0.4, -0.2) is 28.6 Å². The highest BCUT2D eigenvalue weighted by Gasteiger charge is 2.40. The molecule has 23 heavy (non-hydrogen) atoms. The van der Waals surface area contributed by atoms with E-state index in [2.05, 4.69) is 27.7 Å². The second-order valence-corrected chi connectivity index (χ2v) is 9.19. The minimum atomic E-state index is -2.47. The van der Waals surface area contributed by atoms with Crippen LogP contribution in [0.2, 0.25) is 6.04 Å². The fourth-order valence-corrected chi connectivity index (χ4v) is 5.13. The first-order valence-corrected chi connectivity index (χ1v) is 12.1.